The molecule has 0 amide bonds. The van der Waals surface area contributed by atoms with Crippen molar-refractivity contribution in [3.63, 3.8) is 0 Å². The van der Waals surface area contributed by atoms with Gasteiger partial charge in [-0.3, -0.25) is 0 Å². The highest BCUT2D eigenvalue weighted by molar-refractivity contribution is 7.89. The lowest BCUT2D eigenvalue weighted by atomic mass is 10.3. The molecule has 3 N–H and O–H groups in total. The van der Waals surface area contributed by atoms with Gasteiger partial charge in [-0.25, -0.2) is 26.9 Å². The maximum absolute atomic E-state index is 13.6. The van der Waals surface area contributed by atoms with Gasteiger partial charge in [0.05, 0.1) is 0 Å². The highest BCUT2D eigenvalue weighted by Gasteiger charge is 2.23. The maximum Gasteiger partial charge on any atom is 0.246 e. The van der Waals surface area contributed by atoms with E-state index in [0.717, 1.165) is 18.2 Å². The van der Waals surface area contributed by atoms with Crippen molar-refractivity contribution < 1.29 is 17.2 Å². The summed E-state index contributed by atoms with van der Waals surface area (Å²) in [6.45, 7) is 0.0305. The normalized spacial score (nSPS) is 11.2. The molecule has 2 heterocycles. The molecule has 28 heavy (non-hydrogen) atoms. The summed E-state index contributed by atoms with van der Waals surface area (Å²) in [5.74, 6) is -0.792. The lowest BCUT2D eigenvalue weighted by Crippen LogP contribution is -2.30. The van der Waals surface area contributed by atoms with Gasteiger partial charge in [-0.15, -0.1) is 10.2 Å². The van der Waals surface area contributed by atoms with Crippen molar-refractivity contribution >= 4 is 27.5 Å². The molecular weight excluding hydrogens is 390 g/mol. The first kappa shape index (κ1) is 19.6. The van der Waals surface area contributed by atoms with Crippen molar-refractivity contribution in [3.8, 4) is 0 Å². The van der Waals surface area contributed by atoms with Crippen LogP contribution in [0.4, 0.5) is 26.2 Å². The van der Waals surface area contributed by atoms with Gasteiger partial charge < -0.3 is 10.6 Å². The van der Waals surface area contributed by atoms with E-state index in [1.54, 1.807) is 30.5 Å². The molecule has 3 aromatic rings. The summed E-state index contributed by atoms with van der Waals surface area (Å²) in [6, 6.07) is 11.6. The molecule has 0 aliphatic rings. The van der Waals surface area contributed by atoms with Gasteiger partial charge >= 0.3 is 0 Å². The Balaban J connectivity index is 1.51. The van der Waals surface area contributed by atoms with Crippen LogP contribution in [0.2, 0.25) is 0 Å². The molecule has 0 radical (unpaired) electrons. The van der Waals surface area contributed by atoms with Crippen molar-refractivity contribution in [2.75, 3.05) is 23.7 Å². The van der Waals surface area contributed by atoms with Crippen molar-refractivity contribution in [2.45, 2.75) is 4.90 Å². The lowest BCUT2D eigenvalue weighted by Gasteiger charge is -2.10. The van der Waals surface area contributed by atoms with Gasteiger partial charge in [0.2, 0.25) is 10.0 Å². The Morgan fingerprint density at radius 3 is 2.18 bits per heavy atom. The van der Waals surface area contributed by atoms with E-state index in [9.17, 15) is 17.2 Å². The molecular formula is C17H16F2N6O2S. The zero-order chi connectivity index (χ0) is 20.0. The monoisotopic (exact) mass is 406 g/mol. The van der Waals surface area contributed by atoms with E-state index >= 15 is 0 Å². The number of aromatic nitrogens is 3. The van der Waals surface area contributed by atoms with Crippen LogP contribution in [0.25, 0.3) is 0 Å². The molecule has 3 rings (SSSR count). The molecule has 1 aromatic carbocycles. The standard InChI is InChI=1S/C17H16F2N6O2S/c18-12-4-3-5-13(19)17(12)28(26,27)22-11-10-21-15-7-8-16(25-24-15)23-14-6-1-2-9-20-14/h1-9,22H,10-11H2,(H,21,24)(H,20,23,25). The second-order valence-electron chi connectivity index (χ2n) is 5.52. The summed E-state index contributed by atoms with van der Waals surface area (Å²) in [4.78, 5) is 3.10. The minimum Gasteiger partial charge on any atom is -0.367 e. The van der Waals surface area contributed by atoms with Crippen LogP contribution in [0.1, 0.15) is 0 Å². The number of pyridine rings is 1. The quantitative estimate of drug-likeness (QED) is 0.493. The number of nitrogens with zero attached hydrogens (tertiary/aromatic N) is 3. The molecule has 0 aliphatic carbocycles. The Morgan fingerprint density at radius 1 is 0.821 bits per heavy atom. The van der Waals surface area contributed by atoms with Crippen LogP contribution in [0.3, 0.4) is 0 Å². The van der Waals surface area contributed by atoms with Gasteiger partial charge in [-0.1, -0.05) is 12.1 Å². The molecule has 11 heteroatoms. The first-order valence-electron chi connectivity index (χ1n) is 8.15. The summed E-state index contributed by atoms with van der Waals surface area (Å²) < 4.78 is 53.4. The zero-order valence-corrected chi connectivity index (χ0v) is 15.2. The van der Waals surface area contributed by atoms with E-state index < -0.39 is 26.6 Å². The summed E-state index contributed by atoms with van der Waals surface area (Å²) >= 11 is 0. The van der Waals surface area contributed by atoms with E-state index in [2.05, 4.69) is 30.5 Å². The largest absolute Gasteiger partial charge is 0.367 e. The topological polar surface area (TPSA) is 109 Å². The third-order valence-electron chi connectivity index (χ3n) is 3.50. The third-order valence-corrected chi connectivity index (χ3v) is 5.01. The summed E-state index contributed by atoms with van der Waals surface area (Å²) in [7, 11) is -4.31. The van der Waals surface area contributed by atoms with Crippen molar-refractivity contribution in [1.82, 2.24) is 19.9 Å². The second kappa shape index (κ2) is 8.67. The number of halogens is 2. The first-order valence-corrected chi connectivity index (χ1v) is 9.63. The average Bonchev–Trinajstić information content (AvgIpc) is 2.67. The van der Waals surface area contributed by atoms with Crippen molar-refractivity contribution in [3.05, 3.63) is 66.4 Å². The predicted molar refractivity (Wildman–Crippen MR) is 99.6 cm³/mol. The zero-order valence-electron chi connectivity index (χ0n) is 14.4. The van der Waals surface area contributed by atoms with Crippen molar-refractivity contribution in [2.24, 2.45) is 0 Å². The van der Waals surface area contributed by atoms with E-state index in [-0.39, 0.29) is 13.1 Å². The molecule has 8 nitrogen and oxygen atoms in total. The van der Waals surface area contributed by atoms with E-state index in [4.69, 9.17) is 0 Å². The predicted octanol–water partition coefficient (Wildman–Crippen LogP) is 2.28. The molecule has 0 fully saturated rings. The number of hydrogen-bond acceptors (Lipinski definition) is 7. The SMILES string of the molecule is O=S(=O)(NCCNc1ccc(Nc2ccccn2)nn1)c1c(F)cccc1F. The van der Waals surface area contributed by atoms with E-state index in [1.807, 2.05) is 6.07 Å². The summed E-state index contributed by atoms with van der Waals surface area (Å²) in [6.07, 6.45) is 1.64. The number of hydrogen-bond donors (Lipinski definition) is 3. The third kappa shape index (κ3) is 4.96. The fourth-order valence-corrected chi connectivity index (χ4v) is 3.41. The number of sulfonamides is 1. The molecule has 0 saturated heterocycles. The van der Waals surface area contributed by atoms with Crippen LogP contribution < -0.4 is 15.4 Å². The van der Waals surface area contributed by atoms with Crippen molar-refractivity contribution in [1.29, 1.82) is 0 Å². The minimum atomic E-state index is -4.31. The van der Waals surface area contributed by atoms with Gasteiger partial charge in [-0.05, 0) is 36.4 Å². The number of anilines is 3. The Bertz CT molecular complexity index is 1010. The number of nitrogens with one attached hydrogen (secondary N) is 3. The summed E-state index contributed by atoms with van der Waals surface area (Å²) in [5.41, 5.74) is 0. The molecule has 0 atom stereocenters. The Hall–Kier alpha value is -3.18. The Morgan fingerprint density at radius 2 is 1.54 bits per heavy atom. The lowest BCUT2D eigenvalue weighted by molar-refractivity contribution is 0.514. The van der Waals surface area contributed by atoms with Crippen LogP contribution in [-0.4, -0.2) is 36.7 Å². The van der Waals surface area contributed by atoms with Crippen LogP contribution in [-0.2, 0) is 10.0 Å². The molecule has 0 aliphatic heterocycles. The summed E-state index contributed by atoms with van der Waals surface area (Å²) in [5, 5.41) is 13.7. The van der Waals surface area contributed by atoms with E-state index in [1.165, 1.54) is 0 Å². The Labute approximate surface area is 160 Å². The van der Waals surface area contributed by atoms with Gasteiger partial charge in [0.1, 0.15) is 23.3 Å². The minimum absolute atomic E-state index is 0.105. The Kier molecular flexibility index (Phi) is 6.06. The number of benzene rings is 1. The van der Waals surface area contributed by atoms with Gasteiger partial charge in [0.15, 0.2) is 10.7 Å². The van der Waals surface area contributed by atoms with E-state index in [0.29, 0.717) is 17.5 Å². The first-order chi connectivity index (χ1) is 13.5. The van der Waals surface area contributed by atoms with Crippen LogP contribution in [0.5, 0.6) is 0 Å². The fraction of sp³-hybridized carbons (Fsp3) is 0.118. The van der Waals surface area contributed by atoms with Gasteiger partial charge in [0.25, 0.3) is 0 Å². The van der Waals surface area contributed by atoms with Gasteiger partial charge in [-0.2, -0.15) is 0 Å². The molecule has 0 unspecified atom stereocenters. The van der Waals surface area contributed by atoms with Crippen LogP contribution in [0.15, 0.2) is 59.6 Å². The molecule has 0 bridgehead atoms. The van der Waals surface area contributed by atoms with Crippen LogP contribution in [0, 0.1) is 11.6 Å². The second-order valence-corrected chi connectivity index (χ2v) is 7.22. The van der Waals surface area contributed by atoms with Gasteiger partial charge in [0, 0.05) is 19.3 Å². The molecule has 146 valence electrons. The molecule has 2 aromatic heterocycles. The van der Waals surface area contributed by atoms with Crippen LogP contribution >= 0.6 is 0 Å². The molecule has 0 spiro atoms. The number of rotatable bonds is 8. The fourth-order valence-electron chi connectivity index (χ4n) is 2.25. The maximum atomic E-state index is 13.6. The average molecular weight is 406 g/mol. The highest BCUT2D eigenvalue weighted by Crippen LogP contribution is 2.17. The smallest absolute Gasteiger partial charge is 0.246 e. The molecule has 0 saturated carbocycles. The highest BCUT2D eigenvalue weighted by atomic mass is 32.2.